The van der Waals surface area contributed by atoms with E-state index in [9.17, 15) is 14.4 Å². The van der Waals surface area contributed by atoms with Crippen LogP contribution < -0.4 is 10.6 Å². The molecule has 3 amide bonds. The highest BCUT2D eigenvalue weighted by molar-refractivity contribution is 5.96. The minimum atomic E-state index is -0.871. The summed E-state index contributed by atoms with van der Waals surface area (Å²) in [6.07, 6.45) is 1.73. The van der Waals surface area contributed by atoms with Gasteiger partial charge in [0.25, 0.3) is 17.5 Å². The molecule has 10 heteroatoms. The van der Waals surface area contributed by atoms with Crippen LogP contribution in [0.4, 0.5) is 4.79 Å². The Morgan fingerprint density at radius 2 is 2.00 bits per heavy atom. The molecule has 2 aromatic heterocycles. The van der Waals surface area contributed by atoms with Gasteiger partial charge in [0.05, 0.1) is 0 Å². The first-order chi connectivity index (χ1) is 11.9. The number of ether oxygens (including phenoxy) is 1. The molecule has 2 aromatic rings. The number of urea groups is 1. The van der Waals surface area contributed by atoms with E-state index < -0.39 is 24.5 Å². The molecule has 2 rings (SSSR count). The van der Waals surface area contributed by atoms with Crippen LogP contribution in [-0.4, -0.2) is 50.6 Å². The van der Waals surface area contributed by atoms with Crippen molar-refractivity contribution in [2.45, 2.75) is 33.6 Å². The number of nitrogens with one attached hydrogen (secondary N) is 2. The second-order valence-electron chi connectivity index (χ2n) is 5.42. The van der Waals surface area contributed by atoms with Gasteiger partial charge in [-0.15, -0.1) is 5.10 Å². The maximum absolute atomic E-state index is 11.9. The molecule has 25 heavy (non-hydrogen) atoms. The van der Waals surface area contributed by atoms with Gasteiger partial charge in [0.1, 0.15) is 0 Å². The van der Waals surface area contributed by atoms with E-state index in [1.165, 1.54) is 4.52 Å². The molecule has 0 spiro atoms. The van der Waals surface area contributed by atoms with E-state index in [0.717, 1.165) is 24.2 Å². The van der Waals surface area contributed by atoms with E-state index in [2.05, 4.69) is 25.7 Å². The lowest BCUT2D eigenvalue weighted by atomic mass is 10.3. The zero-order valence-corrected chi connectivity index (χ0v) is 14.3. The SMILES string of the molecule is CCCCNC(=O)NC(=O)COC(=O)c1nc2nc(C)cc(C)n2n1. The Labute approximate surface area is 144 Å². The molecule has 0 atom stereocenters. The van der Waals surface area contributed by atoms with Crippen molar-refractivity contribution in [3.8, 4) is 0 Å². The van der Waals surface area contributed by atoms with Crippen LogP contribution in [0.5, 0.6) is 0 Å². The van der Waals surface area contributed by atoms with Crippen LogP contribution in [0, 0.1) is 13.8 Å². The van der Waals surface area contributed by atoms with Crippen molar-refractivity contribution in [3.05, 3.63) is 23.3 Å². The highest BCUT2D eigenvalue weighted by Crippen LogP contribution is 2.06. The number of unbranched alkanes of at least 4 members (excludes halogenated alkanes) is 1. The first-order valence-corrected chi connectivity index (χ1v) is 7.86. The topological polar surface area (TPSA) is 128 Å². The van der Waals surface area contributed by atoms with Crippen molar-refractivity contribution in [2.24, 2.45) is 0 Å². The summed E-state index contributed by atoms with van der Waals surface area (Å²) in [5.41, 5.74) is 1.50. The van der Waals surface area contributed by atoms with Crippen LogP contribution in [0.15, 0.2) is 6.07 Å². The minimum absolute atomic E-state index is 0.207. The number of carbonyl (C=O) groups excluding carboxylic acids is 3. The highest BCUT2D eigenvalue weighted by atomic mass is 16.5. The van der Waals surface area contributed by atoms with E-state index in [0.29, 0.717) is 6.54 Å². The maximum atomic E-state index is 11.9. The molecule has 0 aliphatic carbocycles. The third-order valence-electron chi connectivity index (χ3n) is 3.20. The molecular formula is C15H20N6O4. The van der Waals surface area contributed by atoms with Gasteiger partial charge in [-0.3, -0.25) is 10.1 Å². The number of hydrogen-bond acceptors (Lipinski definition) is 7. The van der Waals surface area contributed by atoms with Crippen molar-refractivity contribution < 1.29 is 19.1 Å². The Hall–Kier alpha value is -3.04. The summed E-state index contributed by atoms with van der Waals surface area (Å²) in [5, 5.41) is 8.58. The van der Waals surface area contributed by atoms with E-state index in [4.69, 9.17) is 4.74 Å². The van der Waals surface area contributed by atoms with Gasteiger partial charge < -0.3 is 10.1 Å². The number of esters is 1. The van der Waals surface area contributed by atoms with Gasteiger partial charge in [-0.2, -0.15) is 4.98 Å². The molecule has 0 bridgehead atoms. The predicted octanol–water partition coefficient (Wildman–Crippen LogP) is 0.524. The summed E-state index contributed by atoms with van der Waals surface area (Å²) in [6, 6.07) is 1.16. The monoisotopic (exact) mass is 348 g/mol. The standard InChI is InChI=1S/C15H20N6O4/c1-4-5-6-16-15(24)18-11(22)8-25-13(23)12-19-14-17-9(2)7-10(3)21(14)20-12/h7H,4-6,8H2,1-3H3,(H2,16,18,22,24). The Morgan fingerprint density at radius 3 is 2.72 bits per heavy atom. The van der Waals surface area contributed by atoms with E-state index in [1.54, 1.807) is 19.9 Å². The predicted molar refractivity (Wildman–Crippen MR) is 87.0 cm³/mol. The van der Waals surface area contributed by atoms with Gasteiger partial charge >= 0.3 is 12.0 Å². The molecule has 0 saturated heterocycles. The summed E-state index contributed by atoms with van der Waals surface area (Å²) < 4.78 is 6.23. The van der Waals surface area contributed by atoms with Crippen LogP contribution in [0.1, 0.15) is 41.8 Å². The average Bonchev–Trinajstić information content (AvgIpc) is 2.97. The number of imide groups is 1. The van der Waals surface area contributed by atoms with Crippen molar-refractivity contribution in [1.82, 2.24) is 30.2 Å². The number of nitrogens with zero attached hydrogens (tertiary/aromatic N) is 4. The summed E-state index contributed by atoms with van der Waals surface area (Å²) in [5.74, 6) is -1.55. The molecule has 10 nitrogen and oxygen atoms in total. The molecule has 0 saturated carbocycles. The fourth-order valence-corrected chi connectivity index (χ4v) is 2.03. The number of hydrogen-bond donors (Lipinski definition) is 2. The number of aromatic nitrogens is 4. The van der Waals surface area contributed by atoms with Gasteiger partial charge in [0.15, 0.2) is 6.61 Å². The fourth-order valence-electron chi connectivity index (χ4n) is 2.03. The summed E-state index contributed by atoms with van der Waals surface area (Å²) in [4.78, 5) is 43.1. The lowest BCUT2D eigenvalue weighted by Gasteiger charge is -2.06. The average molecular weight is 348 g/mol. The Bertz CT molecular complexity index is 801. The molecule has 0 radical (unpaired) electrons. The van der Waals surface area contributed by atoms with Gasteiger partial charge in [0, 0.05) is 17.9 Å². The Kier molecular flexibility index (Phi) is 5.98. The second-order valence-corrected chi connectivity index (χ2v) is 5.42. The lowest BCUT2D eigenvalue weighted by molar-refractivity contribution is -0.123. The van der Waals surface area contributed by atoms with E-state index >= 15 is 0 Å². The first kappa shape index (κ1) is 18.3. The number of fused-ring (bicyclic) bond motifs is 1. The first-order valence-electron chi connectivity index (χ1n) is 7.86. The Morgan fingerprint density at radius 1 is 1.24 bits per heavy atom. The van der Waals surface area contributed by atoms with Crippen LogP contribution >= 0.6 is 0 Å². The van der Waals surface area contributed by atoms with Crippen molar-refractivity contribution >= 4 is 23.7 Å². The third-order valence-corrected chi connectivity index (χ3v) is 3.20. The van der Waals surface area contributed by atoms with Crippen LogP contribution in [0.3, 0.4) is 0 Å². The van der Waals surface area contributed by atoms with Crippen molar-refractivity contribution in [2.75, 3.05) is 13.2 Å². The highest BCUT2D eigenvalue weighted by Gasteiger charge is 2.18. The van der Waals surface area contributed by atoms with Gasteiger partial charge in [-0.25, -0.2) is 19.1 Å². The normalized spacial score (nSPS) is 10.5. The van der Waals surface area contributed by atoms with Crippen LogP contribution in [0.25, 0.3) is 5.78 Å². The quantitative estimate of drug-likeness (QED) is 0.575. The van der Waals surface area contributed by atoms with Crippen LogP contribution in [0.2, 0.25) is 0 Å². The molecule has 2 N–H and O–H groups in total. The lowest BCUT2D eigenvalue weighted by Crippen LogP contribution is -2.41. The Balaban J connectivity index is 1.89. The number of aryl methyl sites for hydroxylation is 2. The van der Waals surface area contributed by atoms with Gasteiger partial charge in [-0.05, 0) is 26.3 Å². The van der Waals surface area contributed by atoms with Gasteiger partial charge in [0.2, 0.25) is 0 Å². The molecule has 0 unspecified atom stereocenters. The fraction of sp³-hybridized carbons (Fsp3) is 0.467. The smallest absolute Gasteiger partial charge is 0.378 e. The van der Waals surface area contributed by atoms with Gasteiger partial charge in [-0.1, -0.05) is 13.3 Å². The second kappa shape index (κ2) is 8.18. The van der Waals surface area contributed by atoms with E-state index in [-0.39, 0.29) is 11.6 Å². The number of carbonyl (C=O) groups is 3. The zero-order chi connectivity index (χ0) is 18.4. The molecule has 0 fully saturated rings. The van der Waals surface area contributed by atoms with Crippen molar-refractivity contribution in [3.63, 3.8) is 0 Å². The van der Waals surface area contributed by atoms with Crippen molar-refractivity contribution in [1.29, 1.82) is 0 Å². The summed E-state index contributed by atoms with van der Waals surface area (Å²) in [7, 11) is 0. The van der Waals surface area contributed by atoms with Crippen LogP contribution in [-0.2, 0) is 9.53 Å². The molecule has 134 valence electrons. The summed E-state index contributed by atoms with van der Waals surface area (Å²) in [6.45, 7) is 5.44. The molecule has 2 heterocycles. The molecular weight excluding hydrogens is 328 g/mol. The molecule has 0 aliphatic heterocycles. The molecule has 0 aliphatic rings. The minimum Gasteiger partial charge on any atom is -0.450 e. The number of rotatable bonds is 6. The number of amides is 3. The third kappa shape index (κ3) is 4.96. The largest absolute Gasteiger partial charge is 0.450 e. The zero-order valence-electron chi connectivity index (χ0n) is 14.3. The molecule has 0 aromatic carbocycles. The summed E-state index contributed by atoms with van der Waals surface area (Å²) >= 11 is 0. The van der Waals surface area contributed by atoms with E-state index in [1.807, 2.05) is 6.92 Å². The maximum Gasteiger partial charge on any atom is 0.378 e.